The van der Waals surface area contributed by atoms with Crippen LogP contribution in [0.2, 0.25) is 0 Å². The van der Waals surface area contributed by atoms with Gasteiger partial charge in [0.15, 0.2) is 6.61 Å². The van der Waals surface area contributed by atoms with Crippen molar-refractivity contribution in [1.82, 2.24) is 9.97 Å². The number of benzene rings is 3. The van der Waals surface area contributed by atoms with Crippen molar-refractivity contribution >= 4 is 39.4 Å². The number of ether oxygens (including phenoxy) is 2. The third-order valence-electron chi connectivity index (χ3n) is 4.64. The van der Waals surface area contributed by atoms with E-state index in [1.165, 1.54) is 0 Å². The van der Waals surface area contributed by atoms with Crippen molar-refractivity contribution in [2.24, 2.45) is 0 Å². The lowest BCUT2D eigenvalue weighted by Gasteiger charge is -2.12. The maximum absolute atomic E-state index is 11.8. The van der Waals surface area contributed by atoms with Crippen LogP contribution in [0.15, 0.2) is 60.7 Å². The second-order valence-corrected chi connectivity index (χ2v) is 6.56. The zero-order valence-corrected chi connectivity index (χ0v) is 16.4. The molecule has 0 bridgehead atoms. The fourth-order valence-electron chi connectivity index (χ4n) is 3.27. The van der Waals surface area contributed by atoms with Crippen LogP contribution >= 0.6 is 0 Å². The highest BCUT2D eigenvalue weighted by molar-refractivity contribution is 6.00. The van der Waals surface area contributed by atoms with Crippen molar-refractivity contribution in [2.75, 3.05) is 13.2 Å². The Morgan fingerprint density at radius 1 is 1.13 bits per heavy atom. The maximum Gasteiger partial charge on any atom is 0.344 e. The van der Waals surface area contributed by atoms with Crippen molar-refractivity contribution in [3.63, 3.8) is 0 Å². The number of carbonyl (C=O) groups excluding carboxylic acids is 1. The topological polar surface area (TPSA) is 88.0 Å². The van der Waals surface area contributed by atoms with E-state index < -0.39 is 5.97 Å². The van der Waals surface area contributed by atoms with Crippen LogP contribution in [0.1, 0.15) is 18.3 Å². The summed E-state index contributed by atoms with van der Waals surface area (Å²) in [6, 6.07) is 21.3. The highest BCUT2D eigenvalue weighted by atomic mass is 16.6. The van der Waals surface area contributed by atoms with Crippen LogP contribution in [0.25, 0.3) is 33.5 Å². The number of rotatable bonds is 6. The molecule has 0 aliphatic carbocycles. The van der Waals surface area contributed by atoms with E-state index in [-0.39, 0.29) is 13.2 Å². The number of hydrogen-bond acceptors (Lipinski definition) is 5. The number of esters is 1. The minimum Gasteiger partial charge on any atom is -0.481 e. The summed E-state index contributed by atoms with van der Waals surface area (Å²) in [5, 5.41) is 11.7. The molecule has 4 aromatic rings. The lowest BCUT2D eigenvalue weighted by molar-refractivity contribution is -0.145. The van der Waals surface area contributed by atoms with Gasteiger partial charge in [0.2, 0.25) is 0 Å². The SMILES string of the molecule is CCOC(=O)COc1ccc2ccccc2c1C=C(C#N)c1nc2ccccc2[nH]1. The highest BCUT2D eigenvalue weighted by Crippen LogP contribution is 2.32. The number of para-hydroxylation sites is 2. The molecule has 148 valence electrons. The number of allylic oxidation sites excluding steroid dienone is 1. The molecular formula is C24H19N3O3. The number of nitrogens with zero attached hydrogens (tertiary/aromatic N) is 2. The van der Waals surface area contributed by atoms with Crippen molar-refractivity contribution < 1.29 is 14.3 Å². The minimum absolute atomic E-state index is 0.209. The number of H-pyrrole nitrogens is 1. The van der Waals surface area contributed by atoms with Gasteiger partial charge in [0.05, 0.1) is 23.2 Å². The molecular weight excluding hydrogens is 378 g/mol. The van der Waals surface area contributed by atoms with E-state index in [9.17, 15) is 10.1 Å². The summed E-state index contributed by atoms with van der Waals surface area (Å²) in [5.74, 6) is 0.520. The number of imidazole rings is 1. The lowest BCUT2D eigenvalue weighted by atomic mass is 10.0. The second kappa shape index (κ2) is 8.50. The molecule has 1 aromatic heterocycles. The highest BCUT2D eigenvalue weighted by Gasteiger charge is 2.13. The third kappa shape index (κ3) is 3.87. The first-order valence-corrected chi connectivity index (χ1v) is 9.56. The first-order chi connectivity index (χ1) is 14.7. The average molecular weight is 397 g/mol. The molecule has 0 radical (unpaired) electrons. The van der Waals surface area contributed by atoms with Crippen LogP contribution < -0.4 is 4.74 Å². The number of fused-ring (bicyclic) bond motifs is 2. The van der Waals surface area contributed by atoms with E-state index in [1.807, 2.05) is 54.6 Å². The van der Waals surface area contributed by atoms with Crippen LogP contribution in [0.3, 0.4) is 0 Å². The molecule has 0 unspecified atom stereocenters. The van der Waals surface area contributed by atoms with Crippen molar-refractivity contribution in [2.45, 2.75) is 6.92 Å². The third-order valence-corrected chi connectivity index (χ3v) is 4.64. The Labute approximate surface area is 173 Å². The molecule has 0 aliphatic heterocycles. The monoisotopic (exact) mass is 397 g/mol. The van der Waals surface area contributed by atoms with Gasteiger partial charge in [0.1, 0.15) is 17.6 Å². The Bertz CT molecular complexity index is 1270. The Balaban J connectivity index is 1.81. The van der Waals surface area contributed by atoms with E-state index in [4.69, 9.17) is 9.47 Å². The molecule has 0 spiro atoms. The molecule has 0 amide bonds. The fraction of sp³-hybridized carbons (Fsp3) is 0.125. The number of nitrogens with one attached hydrogen (secondary N) is 1. The quantitative estimate of drug-likeness (QED) is 0.376. The fourth-order valence-corrected chi connectivity index (χ4v) is 3.27. The Morgan fingerprint density at radius 2 is 1.93 bits per heavy atom. The molecule has 1 heterocycles. The predicted molar refractivity (Wildman–Crippen MR) is 116 cm³/mol. The lowest BCUT2D eigenvalue weighted by Crippen LogP contribution is -2.15. The zero-order valence-electron chi connectivity index (χ0n) is 16.4. The van der Waals surface area contributed by atoms with Crippen LogP contribution in [0.4, 0.5) is 0 Å². The molecule has 0 fully saturated rings. The van der Waals surface area contributed by atoms with Gasteiger partial charge in [-0.15, -0.1) is 0 Å². The van der Waals surface area contributed by atoms with Gasteiger partial charge >= 0.3 is 5.97 Å². The molecule has 3 aromatic carbocycles. The van der Waals surface area contributed by atoms with Gasteiger partial charge in [-0.3, -0.25) is 0 Å². The van der Waals surface area contributed by atoms with Gasteiger partial charge in [0.25, 0.3) is 0 Å². The zero-order chi connectivity index (χ0) is 20.9. The molecule has 6 heteroatoms. The summed E-state index contributed by atoms with van der Waals surface area (Å²) < 4.78 is 10.7. The van der Waals surface area contributed by atoms with Gasteiger partial charge < -0.3 is 14.5 Å². The largest absolute Gasteiger partial charge is 0.481 e. The number of nitriles is 1. The number of hydrogen-bond donors (Lipinski definition) is 1. The number of aromatic nitrogens is 2. The van der Waals surface area contributed by atoms with Gasteiger partial charge in [-0.2, -0.15) is 5.26 Å². The van der Waals surface area contributed by atoms with E-state index in [0.29, 0.717) is 22.7 Å². The van der Waals surface area contributed by atoms with Crippen LogP contribution in [0.5, 0.6) is 5.75 Å². The maximum atomic E-state index is 11.8. The molecule has 0 saturated heterocycles. The Kier molecular flexibility index (Phi) is 5.44. The van der Waals surface area contributed by atoms with Gasteiger partial charge in [0, 0.05) is 5.56 Å². The minimum atomic E-state index is -0.446. The summed E-state index contributed by atoms with van der Waals surface area (Å²) in [6.07, 6.45) is 1.74. The molecule has 6 nitrogen and oxygen atoms in total. The van der Waals surface area contributed by atoms with E-state index in [1.54, 1.807) is 19.1 Å². The van der Waals surface area contributed by atoms with Crippen molar-refractivity contribution in [1.29, 1.82) is 5.26 Å². The molecule has 0 aliphatic rings. The Morgan fingerprint density at radius 3 is 2.73 bits per heavy atom. The predicted octanol–water partition coefficient (Wildman–Crippen LogP) is 4.72. The smallest absolute Gasteiger partial charge is 0.344 e. The standard InChI is InChI=1S/C24H19N3O3/c1-2-29-23(28)15-30-22-12-11-16-7-3-4-8-18(16)19(22)13-17(14-25)24-26-20-9-5-6-10-21(20)27-24/h3-13H,2,15H2,1H3,(H,26,27). The molecule has 0 atom stereocenters. The first-order valence-electron chi connectivity index (χ1n) is 9.56. The van der Waals surface area contributed by atoms with Crippen LogP contribution in [-0.2, 0) is 9.53 Å². The van der Waals surface area contributed by atoms with Crippen LogP contribution in [0, 0.1) is 11.3 Å². The number of aromatic amines is 1. The normalized spacial score (nSPS) is 11.4. The van der Waals surface area contributed by atoms with E-state index in [0.717, 1.165) is 21.8 Å². The summed E-state index contributed by atoms with van der Waals surface area (Å²) >= 11 is 0. The molecule has 0 saturated carbocycles. The second-order valence-electron chi connectivity index (χ2n) is 6.56. The van der Waals surface area contributed by atoms with Gasteiger partial charge in [-0.05, 0) is 42.0 Å². The van der Waals surface area contributed by atoms with Crippen molar-refractivity contribution in [3.05, 3.63) is 72.1 Å². The van der Waals surface area contributed by atoms with Gasteiger partial charge in [-0.25, -0.2) is 9.78 Å². The van der Waals surface area contributed by atoms with Crippen LogP contribution in [-0.4, -0.2) is 29.2 Å². The summed E-state index contributed by atoms with van der Waals surface area (Å²) in [5.41, 5.74) is 2.70. The molecule has 30 heavy (non-hydrogen) atoms. The Hall–Kier alpha value is -4.11. The molecule has 1 N–H and O–H groups in total. The summed E-state index contributed by atoms with van der Waals surface area (Å²) in [7, 11) is 0. The summed E-state index contributed by atoms with van der Waals surface area (Å²) in [6.45, 7) is 1.82. The molecule has 4 rings (SSSR count). The van der Waals surface area contributed by atoms with Crippen molar-refractivity contribution in [3.8, 4) is 11.8 Å². The summed E-state index contributed by atoms with van der Waals surface area (Å²) in [4.78, 5) is 19.5. The number of carbonyl (C=O) groups is 1. The van der Waals surface area contributed by atoms with Gasteiger partial charge in [-0.1, -0.05) is 42.5 Å². The van der Waals surface area contributed by atoms with E-state index in [2.05, 4.69) is 16.0 Å². The average Bonchev–Trinajstić information content (AvgIpc) is 3.20. The van der Waals surface area contributed by atoms with E-state index >= 15 is 0 Å². The first kappa shape index (κ1) is 19.2.